The molecule has 4 aromatic rings. The second-order valence-electron chi connectivity index (χ2n) is 9.44. The molecule has 0 aliphatic carbocycles. The highest BCUT2D eigenvalue weighted by Crippen LogP contribution is 2.36. The van der Waals surface area contributed by atoms with Crippen LogP contribution >= 0.6 is 11.3 Å². The number of carbonyl (C=O) groups is 2. The number of hydrogen-bond acceptors (Lipinski definition) is 6. The molecule has 0 bridgehead atoms. The quantitative estimate of drug-likeness (QED) is 0.290. The van der Waals surface area contributed by atoms with E-state index in [9.17, 15) is 14.0 Å². The molecule has 1 fully saturated rings. The molecule has 200 valence electrons. The van der Waals surface area contributed by atoms with Gasteiger partial charge in [-0.25, -0.2) is 9.18 Å². The molecular weight excluding hydrogens is 513 g/mol. The number of hydrogen-bond donors (Lipinski definition) is 1. The van der Waals surface area contributed by atoms with Crippen molar-refractivity contribution in [2.45, 2.75) is 6.04 Å². The molecular formula is C31H30FN3O3S. The minimum absolute atomic E-state index is 0.155. The Labute approximate surface area is 231 Å². The molecule has 1 aromatic heterocycles. The van der Waals surface area contributed by atoms with E-state index in [1.165, 1.54) is 41.7 Å². The number of piperazine rings is 1. The van der Waals surface area contributed by atoms with Crippen molar-refractivity contribution in [2.75, 3.05) is 45.2 Å². The van der Waals surface area contributed by atoms with Gasteiger partial charge in [0.25, 0.3) is 0 Å². The van der Waals surface area contributed by atoms with E-state index in [0.29, 0.717) is 16.1 Å². The number of thiophene rings is 1. The van der Waals surface area contributed by atoms with Crippen LogP contribution in [0.25, 0.3) is 11.1 Å². The smallest absolute Gasteiger partial charge is 0.341 e. The van der Waals surface area contributed by atoms with Gasteiger partial charge in [0.1, 0.15) is 16.4 Å². The summed E-state index contributed by atoms with van der Waals surface area (Å²) in [6, 6.07) is 27.0. The Kier molecular flexibility index (Phi) is 8.46. The molecule has 2 heterocycles. The predicted molar refractivity (Wildman–Crippen MR) is 152 cm³/mol. The molecule has 1 N–H and O–H groups in total. The molecule has 39 heavy (non-hydrogen) atoms. The number of nitrogens with one attached hydrogen (secondary N) is 1. The number of nitrogens with zero attached hydrogens (tertiary/aromatic N) is 2. The predicted octanol–water partition coefficient (Wildman–Crippen LogP) is 5.69. The lowest BCUT2D eigenvalue weighted by Crippen LogP contribution is -2.49. The van der Waals surface area contributed by atoms with Crippen molar-refractivity contribution < 1.29 is 18.7 Å². The highest BCUT2D eigenvalue weighted by molar-refractivity contribution is 7.15. The summed E-state index contributed by atoms with van der Waals surface area (Å²) in [5.41, 5.74) is 4.06. The lowest BCUT2D eigenvalue weighted by Gasteiger charge is -2.39. The zero-order valence-corrected chi connectivity index (χ0v) is 22.5. The van der Waals surface area contributed by atoms with Crippen LogP contribution in [0.5, 0.6) is 0 Å². The number of anilines is 1. The lowest BCUT2D eigenvalue weighted by atomic mass is 9.96. The fraction of sp³-hybridized carbons (Fsp3) is 0.226. The summed E-state index contributed by atoms with van der Waals surface area (Å²) in [5.74, 6) is -1.10. The van der Waals surface area contributed by atoms with Crippen molar-refractivity contribution in [1.82, 2.24) is 9.80 Å². The molecule has 1 saturated heterocycles. The minimum atomic E-state index is -0.549. The van der Waals surface area contributed by atoms with Gasteiger partial charge in [-0.2, -0.15) is 0 Å². The normalized spacial score (nSPS) is 14.3. The van der Waals surface area contributed by atoms with Gasteiger partial charge in [-0.1, -0.05) is 72.8 Å². The summed E-state index contributed by atoms with van der Waals surface area (Å²) in [4.78, 5) is 30.2. The molecule has 0 saturated carbocycles. The molecule has 0 unspecified atom stereocenters. The van der Waals surface area contributed by atoms with E-state index in [0.717, 1.165) is 26.2 Å². The fourth-order valence-corrected chi connectivity index (χ4v) is 6.00. The van der Waals surface area contributed by atoms with Crippen LogP contribution in [-0.2, 0) is 9.53 Å². The highest BCUT2D eigenvalue weighted by Gasteiger charge is 2.28. The Morgan fingerprint density at radius 2 is 1.49 bits per heavy atom. The van der Waals surface area contributed by atoms with Gasteiger partial charge in [-0.3, -0.25) is 14.6 Å². The minimum Gasteiger partial charge on any atom is -0.465 e. The first kappa shape index (κ1) is 26.7. The first-order valence-electron chi connectivity index (χ1n) is 12.9. The Morgan fingerprint density at radius 3 is 2.05 bits per heavy atom. The van der Waals surface area contributed by atoms with Crippen LogP contribution in [0.1, 0.15) is 27.5 Å². The van der Waals surface area contributed by atoms with Crippen LogP contribution in [0.15, 0.2) is 90.3 Å². The van der Waals surface area contributed by atoms with Crippen molar-refractivity contribution in [1.29, 1.82) is 0 Å². The van der Waals surface area contributed by atoms with Gasteiger partial charge in [0.05, 0.1) is 19.7 Å². The first-order valence-corrected chi connectivity index (χ1v) is 13.7. The number of carbonyl (C=O) groups excluding carboxylic acids is 2. The standard InChI is InChI=1S/C31H30FN3O3S/c1-38-31(37)28-26(22-12-14-25(32)15-13-22)21-39-30(28)33-27(36)20-34-16-18-35(19-17-34)29(23-8-4-2-5-9-23)24-10-6-3-7-11-24/h2-15,21,29H,16-20H2,1H3,(H,33,36). The average molecular weight is 544 g/mol. The van der Waals surface area contributed by atoms with E-state index in [4.69, 9.17) is 4.74 Å². The zero-order valence-electron chi connectivity index (χ0n) is 21.7. The third-order valence-corrected chi connectivity index (χ3v) is 7.85. The molecule has 0 atom stereocenters. The number of benzene rings is 3. The van der Waals surface area contributed by atoms with Crippen molar-refractivity contribution in [3.63, 3.8) is 0 Å². The van der Waals surface area contributed by atoms with E-state index in [1.807, 2.05) is 12.1 Å². The maximum atomic E-state index is 13.4. The largest absolute Gasteiger partial charge is 0.465 e. The molecule has 8 heteroatoms. The van der Waals surface area contributed by atoms with Crippen LogP contribution in [0.3, 0.4) is 0 Å². The Morgan fingerprint density at radius 1 is 0.897 bits per heavy atom. The molecule has 5 rings (SSSR count). The van der Waals surface area contributed by atoms with E-state index in [2.05, 4.69) is 63.6 Å². The summed E-state index contributed by atoms with van der Waals surface area (Å²) >= 11 is 1.26. The lowest BCUT2D eigenvalue weighted by molar-refractivity contribution is -0.117. The van der Waals surface area contributed by atoms with Crippen molar-refractivity contribution in [2.24, 2.45) is 0 Å². The van der Waals surface area contributed by atoms with Crippen molar-refractivity contribution in [3.05, 3.63) is 113 Å². The maximum Gasteiger partial charge on any atom is 0.341 e. The second-order valence-corrected chi connectivity index (χ2v) is 10.3. The Hall–Kier alpha value is -3.85. The van der Waals surface area contributed by atoms with E-state index >= 15 is 0 Å². The second kappa shape index (κ2) is 12.3. The number of amides is 1. The molecule has 1 amide bonds. The number of ether oxygens (including phenoxy) is 1. The first-order chi connectivity index (χ1) is 19.0. The third-order valence-electron chi connectivity index (χ3n) is 6.96. The average Bonchev–Trinajstić information content (AvgIpc) is 3.38. The maximum absolute atomic E-state index is 13.4. The molecule has 0 spiro atoms. The van der Waals surface area contributed by atoms with Gasteiger partial charge < -0.3 is 10.1 Å². The fourth-order valence-electron chi connectivity index (χ4n) is 5.03. The van der Waals surface area contributed by atoms with Crippen LogP contribution in [-0.4, -0.2) is 61.5 Å². The molecule has 1 aliphatic heterocycles. The van der Waals surface area contributed by atoms with Gasteiger partial charge >= 0.3 is 5.97 Å². The number of rotatable bonds is 8. The van der Waals surface area contributed by atoms with E-state index < -0.39 is 5.97 Å². The number of esters is 1. The van der Waals surface area contributed by atoms with Crippen molar-refractivity contribution in [3.8, 4) is 11.1 Å². The molecule has 3 aromatic carbocycles. The third kappa shape index (κ3) is 6.25. The van der Waals surface area contributed by atoms with Gasteiger partial charge in [-0.15, -0.1) is 11.3 Å². The van der Waals surface area contributed by atoms with Crippen LogP contribution in [0, 0.1) is 5.82 Å². The summed E-state index contributed by atoms with van der Waals surface area (Å²) in [6.07, 6.45) is 0. The monoisotopic (exact) mass is 543 g/mol. The topological polar surface area (TPSA) is 61.9 Å². The summed E-state index contributed by atoms with van der Waals surface area (Å²) < 4.78 is 18.4. The Balaban J connectivity index is 1.24. The van der Waals surface area contributed by atoms with Crippen molar-refractivity contribution >= 4 is 28.2 Å². The van der Waals surface area contributed by atoms with Gasteiger partial charge in [0.2, 0.25) is 5.91 Å². The number of methoxy groups -OCH3 is 1. The van der Waals surface area contributed by atoms with Gasteiger partial charge in [-0.05, 0) is 28.8 Å². The highest BCUT2D eigenvalue weighted by atomic mass is 32.1. The van der Waals surface area contributed by atoms with Gasteiger partial charge in [0, 0.05) is 37.1 Å². The van der Waals surface area contributed by atoms with Crippen LogP contribution in [0.2, 0.25) is 0 Å². The zero-order chi connectivity index (χ0) is 27.2. The van der Waals surface area contributed by atoms with Crippen LogP contribution in [0.4, 0.5) is 9.39 Å². The molecule has 6 nitrogen and oxygen atoms in total. The number of halogens is 1. The summed E-state index contributed by atoms with van der Waals surface area (Å²) in [6.45, 7) is 3.36. The summed E-state index contributed by atoms with van der Waals surface area (Å²) in [5, 5.41) is 5.12. The van der Waals surface area contributed by atoms with E-state index in [-0.39, 0.29) is 29.9 Å². The molecule has 0 radical (unpaired) electrons. The van der Waals surface area contributed by atoms with Crippen LogP contribution < -0.4 is 5.32 Å². The van der Waals surface area contributed by atoms with Gasteiger partial charge in [0.15, 0.2) is 0 Å². The molecule has 1 aliphatic rings. The Bertz CT molecular complexity index is 1360. The summed E-state index contributed by atoms with van der Waals surface area (Å²) in [7, 11) is 1.30. The SMILES string of the molecule is COC(=O)c1c(-c2ccc(F)cc2)csc1NC(=O)CN1CCN(C(c2ccccc2)c2ccccc2)CC1. The van der Waals surface area contributed by atoms with E-state index in [1.54, 1.807) is 17.5 Å².